The predicted octanol–water partition coefficient (Wildman–Crippen LogP) is -1.13. The second-order valence-corrected chi connectivity index (χ2v) is 7.29. The summed E-state index contributed by atoms with van der Waals surface area (Å²) in [7, 11) is -1.87. The van der Waals surface area contributed by atoms with E-state index in [0.717, 1.165) is 0 Å². The third kappa shape index (κ3) is 4.13. The van der Waals surface area contributed by atoms with E-state index in [4.69, 9.17) is 14.2 Å². The Morgan fingerprint density at radius 3 is 2.62 bits per heavy atom. The number of methoxy groups -OCH3 is 1. The van der Waals surface area contributed by atoms with Crippen molar-refractivity contribution in [2.75, 3.05) is 59.4 Å². The number of ether oxygens (including phenoxy) is 3. The van der Waals surface area contributed by atoms with Crippen LogP contribution < -0.4 is 0 Å². The van der Waals surface area contributed by atoms with Gasteiger partial charge in [0.2, 0.25) is 15.9 Å². The maximum absolute atomic E-state index is 11.9. The Morgan fingerprint density at radius 2 is 1.95 bits per heavy atom. The number of carbonyl (C=O) groups excluding carboxylic acids is 1. The van der Waals surface area contributed by atoms with E-state index in [1.807, 2.05) is 0 Å². The van der Waals surface area contributed by atoms with Crippen molar-refractivity contribution in [3.05, 3.63) is 0 Å². The number of sulfonamides is 1. The monoisotopic (exact) mass is 322 g/mol. The Bertz CT molecular complexity index is 482. The fourth-order valence-corrected chi connectivity index (χ4v) is 3.44. The summed E-state index contributed by atoms with van der Waals surface area (Å²) in [6.07, 6.45) is 1.77. The molecule has 9 heteroatoms. The zero-order chi connectivity index (χ0) is 15.5. The average molecular weight is 322 g/mol. The highest BCUT2D eigenvalue weighted by Gasteiger charge is 2.43. The molecular weight excluding hydrogens is 300 g/mol. The van der Waals surface area contributed by atoms with E-state index in [9.17, 15) is 13.2 Å². The lowest BCUT2D eigenvalue weighted by molar-refractivity contribution is -0.261. The molecular formula is C12H22N2O6S. The molecule has 0 saturated carbocycles. The topological polar surface area (TPSA) is 85.4 Å². The fourth-order valence-electron chi connectivity index (χ4n) is 2.54. The van der Waals surface area contributed by atoms with Crippen LogP contribution in [0.25, 0.3) is 0 Å². The van der Waals surface area contributed by atoms with Gasteiger partial charge in [0.05, 0.1) is 32.6 Å². The van der Waals surface area contributed by atoms with Gasteiger partial charge in [-0.3, -0.25) is 4.79 Å². The van der Waals surface area contributed by atoms with E-state index >= 15 is 0 Å². The third-order valence-electron chi connectivity index (χ3n) is 3.58. The molecule has 2 rings (SSSR count). The molecule has 0 aliphatic carbocycles. The SMILES string of the molecule is COCC(=O)N1CCOC2(C1)CN(S(C)(=O)=O)CCCO2. The molecule has 8 nitrogen and oxygen atoms in total. The lowest BCUT2D eigenvalue weighted by Gasteiger charge is -2.42. The van der Waals surface area contributed by atoms with E-state index in [2.05, 4.69) is 0 Å². The number of hydrogen-bond donors (Lipinski definition) is 0. The van der Waals surface area contributed by atoms with Gasteiger partial charge in [-0.05, 0) is 6.42 Å². The molecule has 2 heterocycles. The van der Waals surface area contributed by atoms with Crippen LogP contribution in [0, 0.1) is 0 Å². The van der Waals surface area contributed by atoms with Gasteiger partial charge >= 0.3 is 0 Å². The molecule has 1 amide bonds. The molecule has 0 bridgehead atoms. The van der Waals surface area contributed by atoms with Gasteiger partial charge in [-0.2, -0.15) is 4.31 Å². The van der Waals surface area contributed by atoms with Crippen molar-refractivity contribution in [1.29, 1.82) is 0 Å². The average Bonchev–Trinajstić information content (AvgIpc) is 2.62. The highest BCUT2D eigenvalue weighted by molar-refractivity contribution is 7.88. The van der Waals surface area contributed by atoms with E-state index in [1.54, 1.807) is 4.90 Å². The molecule has 2 aliphatic rings. The van der Waals surface area contributed by atoms with Gasteiger partial charge in [-0.15, -0.1) is 0 Å². The first-order valence-electron chi connectivity index (χ1n) is 6.86. The Labute approximate surface area is 125 Å². The number of morpholine rings is 1. The van der Waals surface area contributed by atoms with Crippen LogP contribution in [-0.4, -0.2) is 88.7 Å². The summed E-state index contributed by atoms with van der Waals surface area (Å²) in [5, 5.41) is 0. The zero-order valence-electron chi connectivity index (χ0n) is 12.4. The van der Waals surface area contributed by atoms with Crippen LogP contribution in [0.2, 0.25) is 0 Å². The normalized spacial score (nSPS) is 28.6. The molecule has 1 unspecified atom stereocenters. The first-order valence-corrected chi connectivity index (χ1v) is 8.71. The Kier molecular flexibility index (Phi) is 5.20. The second-order valence-electron chi connectivity index (χ2n) is 5.31. The number of rotatable bonds is 3. The largest absolute Gasteiger partial charge is 0.375 e. The van der Waals surface area contributed by atoms with Gasteiger partial charge in [0.15, 0.2) is 5.79 Å². The number of amides is 1. The molecule has 0 radical (unpaired) electrons. The number of carbonyl (C=O) groups is 1. The van der Waals surface area contributed by atoms with Crippen LogP contribution in [0.15, 0.2) is 0 Å². The van der Waals surface area contributed by atoms with Crippen molar-refractivity contribution in [1.82, 2.24) is 9.21 Å². The third-order valence-corrected chi connectivity index (χ3v) is 4.83. The Balaban J connectivity index is 2.13. The zero-order valence-corrected chi connectivity index (χ0v) is 13.2. The fraction of sp³-hybridized carbons (Fsp3) is 0.917. The molecule has 122 valence electrons. The van der Waals surface area contributed by atoms with Crippen molar-refractivity contribution in [2.45, 2.75) is 12.2 Å². The molecule has 1 atom stereocenters. The minimum Gasteiger partial charge on any atom is -0.375 e. The molecule has 2 aliphatic heterocycles. The summed E-state index contributed by atoms with van der Waals surface area (Å²) in [5.41, 5.74) is 0. The molecule has 1 spiro atoms. The van der Waals surface area contributed by atoms with Gasteiger partial charge in [-0.25, -0.2) is 8.42 Å². The molecule has 2 saturated heterocycles. The molecule has 0 aromatic heterocycles. The van der Waals surface area contributed by atoms with E-state index in [0.29, 0.717) is 32.7 Å². The second kappa shape index (κ2) is 6.57. The minimum absolute atomic E-state index is 0.00806. The van der Waals surface area contributed by atoms with Crippen LogP contribution in [0.1, 0.15) is 6.42 Å². The summed E-state index contributed by atoms with van der Waals surface area (Å²) in [6.45, 7) is 1.86. The summed E-state index contributed by atoms with van der Waals surface area (Å²) in [4.78, 5) is 13.5. The van der Waals surface area contributed by atoms with Gasteiger partial charge in [0.25, 0.3) is 0 Å². The summed E-state index contributed by atoms with van der Waals surface area (Å²) in [5.74, 6) is -1.24. The molecule has 0 aromatic rings. The van der Waals surface area contributed by atoms with Crippen molar-refractivity contribution in [3.8, 4) is 0 Å². The van der Waals surface area contributed by atoms with Gasteiger partial charge in [0, 0.05) is 20.2 Å². The maximum Gasteiger partial charge on any atom is 0.248 e. The van der Waals surface area contributed by atoms with Crippen molar-refractivity contribution in [2.24, 2.45) is 0 Å². The molecule has 21 heavy (non-hydrogen) atoms. The first kappa shape index (κ1) is 16.6. The molecule has 2 fully saturated rings. The van der Waals surface area contributed by atoms with Gasteiger partial charge in [0.1, 0.15) is 6.61 Å². The van der Waals surface area contributed by atoms with E-state index in [1.165, 1.54) is 17.7 Å². The number of nitrogens with zero attached hydrogens (tertiary/aromatic N) is 2. The van der Waals surface area contributed by atoms with E-state index < -0.39 is 15.8 Å². The van der Waals surface area contributed by atoms with Crippen LogP contribution >= 0.6 is 0 Å². The van der Waals surface area contributed by atoms with Crippen LogP contribution in [0.3, 0.4) is 0 Å². The van der Waals surface area contributed by atoms with Crippen molar-refractivity contribution >= 4 is 15.9 Å². The van der Waals surface area contributed by atoms with Gasteiger partial charge in [-0.1, -0.05) is 0 Å². The standard InChI is InChI=1S/C12H22N2O6S/c1-18-8-11(15)13-5-7-20-12(9-13)10-14(21(2,16)17)4-3-6-19-12/h3-10H2,1-2H3. The summed E-state index contributed by atoms with van der Waals surface area (Å²) < 4.78 is 41.3. The smallest absolute Gasteiger partial charge is 0.248 e. The predicted molar refractivity (Wildman–Crippen MR) is 74.1 cm³/mol. The van der Waals surface area contributed by atoms with Crippen molar-refractivity contribution in [3.63, 3.8) is 0 Å². The minimum atomic E-state index is -3.33. The lowest BCUT2D eigenvalue weighted by atomic mass is 10.2. The van der Waals surface area contributed by atoms with Gasteiger partial charge < -0.3 is 19.1 Å². The molecule has 0 aromatic carbocycles. The highest BCUT2D eigenvalue weighted by Crippen LogP contribution is 2.25. The van der Waals surface area contributed by atoms with Crippen LogP contribution in [0.4, 0.5) is 0 Å². The van der Waals surface area contributed by atoms with Crippen LogP contribution in [-0.2, 0) is 29.0 Å². The highest BCUT2D eigenvalue weighted by atomic mass is 32.2. The number of hydrogen-bond acceptors (Lipinski definition) is 6. The van der Waals surface area contributed by atoms with E-state index in [-0.39, 0.29) is 25.6 Å². The quantitative estimate of drug-likeness (QED) is 0.654. The first-order chi connectivity index (χ1) is 9.86. The summed E-state index contributed by atoms with van der Waals surface area (Å²) >= 11 is 0. The van der Waals surface area contributed by atoms with Crippen LogP contribution in [0.5, 0.6) is 0 Å². The lowest BCUT2D eigenvalue weighted by Crippen LogP contribution is -2.60. The van der Waals surface area contributed by atoms with Crippen molar-refractivity contribution < 1.29 is 27.4 Å². The Hall–Kier alpha value is -0.740. The Morgan fingerprint density at radius 1 is 1.24 bits per heavy atom. The summed E-state index contributed by atoms with van der Waals surface area (Å²) in [6, 6.07) is 0. The molecule has 0 N–H and O–H groups in total. The maximum atomic E-state index is 11.9.